The number of benzene rings is 1. The Morgan fingerprint density at radius 3 is 2.59 bits per heavy atom. The van der Waals surface area contributed by atoms with Gasteiger partial charge in [-0.3, -0.25) is 4.79 Å². The van der Waals surface area contributed by atoms with Crippen molar-refractivity contribution < 1.29 is 17.9 Å². The van der Waals surface area contributed by atoms with Crippen molar-refractivity contribution in [2.75, 3.05) is 13.7 Å². The van der Waals surface area contributed by atoms with Crippen LogP contribution in [0.15, 0.2) is 23.1 Å². The first-order chi connectivity index (χ1) is 7.88. The molecule has 6 heteroatoms. The molecule has 0 atom stereocenters. The molecule has 0 saturated carbocycles. The number of primary sulfonamides is 1. The highest BCUT2D eigenvalue weighted by atomic mass is 32.2. The third-order valence-electron chi connectivity index (χ3n) is 2.33. The molecule has 0 saturated heterocycles. The fraction of sp³-hybridized carbons (Fsp3) is 0.364. The van der Waals surface area contributed by atoms with Gasteiger partial charge in [0.15, 0.2) is 5.78 Å². The number of nitrogens with two attached hydrogens (primary N) is 1. The van der Waals surface area contributed by atoms with Gasteiger partial charge in [-0.1, -0.05) is 18.2 Å². The van der Waals surface area contributed by atoms with E-state index in [1.54, 1.807) is 19.1 Å². The number of hydrogen-bond donors (Lipinski definition) is 1. The topological polar surface area (TPSA) is 86.5 Å². The standard InChI is InChI=1S/C11H15NO4S/c1-8-4-3-5-9(10(13)6-7-16-2)11(8)17(12,14)15/h3-5H,6-7H2,1-2H3,(H2,12,14,15). The zero-order valence-corrected chi connectivity index (χ0v) is 10.6. The predicted molar refractivity (Wildman–Crippen MR) is 63.4 cm³/mol. The van der Waals surface area contributed by atoms with Gasteiger partial charge < -0.3 is 4.74 Å². The second kappa shape index (κ2) is 5.39. The minimum atomic E-state index is -3.90. The van der Waals surface area contributed by atoms with E-state index in [0.717, 1.165) is 0 Å². The van der Waals surface area contributed by atoms with E-state index >= 15 is 0 Å². The first-order valence-corrected chi connectivity index (χ1v) is 6.57. The van der Waals surface area contributed by atoms with Crippen LogP contribution in [0.25, 0.3) is 0 Å². The van der Waals surface area contributed by atoms with Gasteiger partial charge in [-0.15, -0.1) is 0 Å². The molecule has 0 amide bonds. The summed E-state index contributed by atoms with van der Waals surface area (Å²) in [6.45, 7) is 1.85. The summed E-state index contributed by atoms with van der Waals surface area (Å²) < 4.78 is 27.7. The molecule has 0 unspecified atom stereocenters. The van der Waals surface area contributed by atoms with E-state index in [-0.39, 0.29) is 29.3 Å². The second-order valence-corrected chi connectivity index (χ2v) is 5.16. The third kappa shape index (κ3) is 3.36. The van der Waals surface area contributed by atoms with Gasteiger partial charge in [0, 0.05) is 19.1 Å². The number of rotatable bonds is 5. The SMILES string of the molecule is COCCC(=O)c1cccc(C)c1S(N)(=O)=O. The predicted octanol–water partition coefficient (Wildman–Crippen LogP) is 0.862. The van der Waals surface area contributed by atoms with E-state index in [9.17, 15) is 13.2 Å². The lowest BCUT2D eigenvalue weighted by atomic mass is 10.1. The Balaban J connectivity index is 3.25. The van der Waals surface area contributed by atoms with Gasteiger partial charge in [-0.05, 0) is 12.5 Å². The maximum absolute atomic E-state index is 11.8. The molecule has 1 rings (SSSR count). The molecular formula is C11H15NO4S. The molecule has 0 fully saturated rings. The molecule has 0 bridgehead atoms. The van der Waals surface area contributed by atoms with Crippen molar-refractivity contribution in [2.24, 2.45) is 5.14 Å². The van der Waals surface area contributed by atoms with Crippen LogP contribution < -0.4 is 5.14 Å². The number of carbonyl (C=O) groups is 1. The van der Waals surface area contributed by atoms with Crippen LogP contribution in [0, 0.1) is 6.92 Å². The van der Waals surface area contributed by atoms with E-state index in [4.69, 9.17) is 9.88 Å². The number of carbonyl (C=O) groups excluding carboxylic acids is 1. The molecule has 94 valence electrons. The third-order valence-corrected chi connectivity index (χ3v) is 3.44. The highest BCUT2D eigenvalue weighted by Crippen LogP contribution is 2.20. The molecule has 1 aromatic rings. The summed E-state index contributed by atoms with van der Waals surface area (Å²) in [6, 6.07) is 4.70. The van der Waals surface area contributed by atoms with E-state index in [2.05, 4.69) is 0 Å². The first-order valence-electron chi connectivity index (χ1n) is 5.02. The van der Waals surface area contributed by atoms with Gasteiger partial charge in [0.25, 0.3) is 0 Å². The fourth-order valence-corrected chi connectivity index (χ4v) is 2.58. The van der Waals surface area contributed by atoms with Crippen molar-refractivity contribution in [1.29, 1.82) is 0 Å². The number of Topliss-reactive ketones (excluding diaryl/α,β-unsaturated/α-hetero) is 1. The molecule has 1 aromatic carbocycles. The van der Waals surface area contributed by atoms with Crippen LogP contribution in [0.5, 0.6) is 0 Å². The number of ketones is 1. The molecule has 0 aliphatic carbocycles. The van der Waals surface area contributed by atoms with Gasteiger partial charge in [-0.2, -0.15) is 0 Å². The quantitative estimate of drug-likeness (QED) is 0.793. The highest BCUT2D eigenvalue weighted by molar-refractivity contribution is 7.89. The van der Waals surface area contributed by atoms with Crippen LogP contribution >= 0.6 is 0 Å². The second-order valence-electron chi connectivity index (χ2n) is 3.66. The van der Waals surface area contributed by atoms with Crippen LogP contribution in [0.3, 0.4) is 0 Å². The first kappa shape index (κ1) is 13.8. The van der Waals surface area contributed by atoms with E-state index in [0.29, 0.717) is 5.56 Å². The van der Waals surface area contributed by atoms with Crippen molar-refractivity contribution in [2.45, 2.75) is 18.2 Å². The molecule has 0 aromatic heterocycles. The average Bonchev–Trinajstić information content (AvgIpc) is 2.23. The minimum absolute atomic E-state index is 0.0962. The van der Waals surface area contributed by atoms with E-state index < -0.39 is 10.0 Å². The molecule has 17 heavy (non-hydrogen) atoms. The van der Waals surface area contributed by atoms with Crippen LogP contribution in [-0.2, 0) is 14.8 Å². The average molecular weight is 257 g/mol. The molecule has 0 heterocycles. The number of sulfonamides is 1. The lowest BCUT2D eigenvalue weighted by Crippen LogP contribution is -2.18. The molecule has 0 radical (unpaired) electrons. The minimum Gasteiger partial charge on any atom is -0.384 e. The van der Waals surface area contributed by atoms with Crippen molar-refractivity contribution in [1.82, 2.24) is 0 Å². The molecule has 5 nitrogen and oxygen atoms in total. The highest BCUT2D eigenvalue weighted by Gasteiger charge is 2.20. The Labute approximate surface area is 101 Å². The monoisotopic (exact) mass is 257 g/mol. The lowest BCUT2D eigenvalue weighted by molar-refractivity contribution is 0.0929. The van der Waals surface area contributed by atoms with Gasteiger partial charge in [0.05, 0.1) is 11.5 Å². The number of hydrogen-bond acceptors (Lipinski definition) is 4. The van der Waals surface area contributed by atoms with E-state index in [1.165, 1.54) is 13.2 Å². The summed E-state index contributed by atoms with van der Waals surface area (Å²) in [5.41, 5.74) is 0.598. The lowest BCUT2D eigenvalue weighted by Gasteiger charge is -2.09. The summed E-state index contributed by atoms with van der Waals surface area (Å²) >= 11 is 0. The van der Waals surface area contributed by atoms with Crippen molar-refractivity contribution in [3.8, 4) is 0 Å². The number of aryl methyl sites for hydroxylation is 1. The Bertz CT molecular complexity index is 522. The Morgan fingerprint density at radius 2 is 2.06 bits per heavy atom. The fourth-order valence-electron chi connectivity index (χ4n) is 1.58. The van der Waals surface area contributed by atoms with Crippen molar-refractivity contribution in [3.05, 3.63) is 29.3 Å². The Kier molecular flexibility index (Phi) is 4.39. The summed E-state index contributed by atoms with van der Waals surface area (Å²) in [5, 5.41) is 5.11. The van der Waals surface area contributed by atoms with Crippen molar-refractivity contribution >= 4 is 15.8 Å². The number of methoxy groups -OCH3 is 1. The summed E-state index contributed by atoms with van der Waals surface area (Å²) in [5.74, 6) is -0.292. The molecule has 0 aliphatic heterocycles. The largest absolute Gasteiger partial charge is 0.384 e. The van der Waals surface area contributed by atoms with Gasteiger partial charge >= 0.3 is 0 Å². The van der Waals surface area contributed by atoms with Crippen molar-refractivity contribution in [3.63, 3.8) is 0 Å². The molecule has 2 N–H and O–H groups in total. The summed E-state index contributed by atoms with van der Waals surface area (Å²) in [7, 11) is -2.42. The van der Waals surface area contributed by atoms with E-state index in [1.807, 2.05) is 0 Å². The van der Waals surface area contributed by atoms with Crippen LogP contribution in [0.1, 0.15) is 22.3 Å². The molecule has 0 spiro atoms. The van der Waals surface area contributed by atoms with Gasteiger partial charge in [0.1, 0.15) is 0 Å². The van der Waals surface area contributed by atoms with Crippen LogP contribution in [0.4, 0.5) is 0 Å². The Hall–Kier alpha value is -1.24. The van der Waals surface area contributed by atoms with Gasteiger partial charge in [-0.25, -0.2) is 13.6 Å². The maximum Gasteiger partial charge on any atom is 0.239 e. The van der Waals surface area contributed by atoms with Gasteiger partial charge in [0.2, 0.25) is 10.0 Å². The smallest absolute Gasteiger partial charge is 0.239 e. The molecule has 0 aliphatic rings. The zero-order valence-electron chi connectivity index (χ0n) is 9.76. The maximum atomic E-state index is 11.8. The Morgan fingerprint density at radius 1 is 1.41 bits per heavy atom. The summed E-state index contributed by atoms with van der Waals surface area (Å²) in [4.78, 5) is 11.7. The normalized spacial score (nSPS) is 11.5. The number of ether oxygens (including phenoxy) is 1. The summed E-state index contributed by atoms with van der Waals surface area (Å²) in [6.07, 6.45) is 0.127. The molecular weight excluding hydrogens is 242 g/mol. The van der Waals surface area contributed by atoms with Crippen LogP contribution in [-0.4, -0.2) is 27.9 Å². The zero-order chi connectivity index (χ0) is 13.1. The van der Waals surface area contributed by atoms with Crippen LogP contribution in [0.2, 0.25) is 0 Å².